The van der Waals surface area contributed by atoms with Crippen LogP contribution in [0.3, 0.4) is 0 Å². The van der Waals surface area contributed by atoms with Gasteiger partial charge in [0.05, 0.1) is 0 Å². The zero-order chi connectivity index (χ0) is 21.9. The first kappa shape index (κ1) is 23.3. The van der Waals surface area contributed by atoms with E-state index in [4.69, 9.17) is 5.73 Å². The molecule has 2 N–H and O–H groups in total. The van der Waals surface area contributed by atoms with Gasteiger partial charge >= 0.3 is 0 Å². The molecule has 0 spiro atoms. The van der Waals surface area contributed by atoms with Gasteiger partial charge in [-0.15, -0.1) is 11.3 Å². The molecule has 3 aromatic rings. The molecule has 3 rings (SSSR count). The lowest BCUT2D eigenvalue weighted by Crippen LogP contribution is -2.25. The topological polar surface area (TPSA) is 42.2 Å². The molecule has 0 saturated carbocycles. The molecule has 2 aromatic heterocycles. The van der Waals surface area contributed by atoms with Crippen LogP contribution in [0.15, 0.2) is 54.7 Å². The Hall–Kier alpha value is -2.33. The van der Waals surface area contributed by atoms with Gasteiger partial charge in [-0.2, -0.15) is 0 Å². The number of nitrogens with zero attached hydrogens (tertiary/aromatic N) is 2. The average molecular weight is 436 g/mol. The molecule has 0 saturated heterocycles. The van der Waals surface area contributed by atoms with Gasteiger partial charge in [-0.25, -0.2) is 4.98 Å². The van der Waals surface area contributed by atoms with Gasteiger partial charge in [-0.05, 0) is 60.4 Å². The Balaban J connectivity index is 1.68. The van der Waals surface area contributed by atoms with Crippen molar-refractivity contribution in [2.75, 3.05) is 23.7 Å². The fraction of sp³-hybridized carbons (Fsp3) is 0.444. The number of nitrogens with two attached hydrogens (primary N) is 1. The largest absolute Gasteiger partial charge is 0.384 e. The molecule has 4 heteroatoms. The van der Waals surface area contributed by atoms with Crippen LogP contribution in [-0.2, 0) is 0 Å². The first-order chi connectivity index (χ1) is 15.2. The normalized spacial score (nSPS) is 11.0. The number of nitrogen functional groups attached to an aromatic ring is 1. The Kier molecular flexibility index (Phi) is 9.41. The van der Waals surface area contributed by atoms with Crippen LogP contribution in [0.1, 0.15) is 65.2 Å². The summed E-state index contributed by atoms with van der Waals surface area (Å²) >= 11 is 1.80. The van der Waals surface area contributed by atoms with Gasteiger partial charge in [0, 0.05) is 34.7 Å². The van der Waals surface area contributed by atoms with Crippen molar-refractivity contribution in [2.45, 2.75) is 65.2 Å². The maximum atomic E-state index is 5.85. The minimum Gasteiger partial charge on any atom is -0.384 e. The number of aromatic nitrogens is 1. The molecule has 0 amide bonds. The fourth-order valence-corrected chi connectivity index (χ4v) is 4.92. The first-order valence-corrected chi connectivity index (χ1v) is 12.7. The second-order valence-electron chi connectivity index (χ2n) is 8.29. The van der Waals surface area contributed by atoms with E-state index >= 15 is 0 Å². The van der Waals surface area contributed by atoms with Crippen molar-refractivity contribution in [1.82, 2.24) is 4.98 Å². The molecular weight excluding hydrogens is 398 g/mol. The van der Waals surface area contributed by atoms with E-state index in [1.54, 1.807) is 17.5 Å². The summed E-state index contributed by atoms with van der Waals surface area (Å²) in [6.07, 6.45) is 12.3. The molecule has 0 fully saturated rings. The van der Waals surface area contributed by atoms with E-state index < -0.39 is 0 Å². The number of unbranched alkanes of at least 4 members (excludes halogenated alkanes) is 6. The first-order valence-electron chi connectivity index (χ1n) is 11.9. The molecule has 0 aliphatic carbocycles. The summed E-state index contributed by atoms with van der Waals surface area (Å²) in [4.78, 5) is 9.20. The van der Waals surface area contributed by atoms with Gasteiger partial charge in [-0.1, -0.05) is 64.5 Å². The predicted molar refractivity (Wildman–Crippen MR) is 138 cm³/mol. The highest BCUT2D eigenvalue weighted by molar-refractivity contribution is 7.18. The summed E-state index contributed by atoms with van der Waals surface area (Å²) in [6, 6.07) is 17.5. The highest BCUT2D eigenvalue weighted by atomic mass is 32.1. The molecule has 31 heavy (non-hydrogen) atoms. The summed E-state index contributed by atoms with van der Waals surface area (Å²) in [6.45, 7) is 6.89. The van der Waals surface area contributed by atoms with Crippen molar-refractivity contribution in [1.29, 1.82) is 0 Å². The SMILES string of the molecule is CCCCCCN(CCCCCC)c1ccc(-c2ccc(-c3ccnc(N)c3)s2)cc1. The Morgan fingerprint density at radius 1 is 0.742 bits per heavy atom. The molecule has 166 valence electrons. The van der Waals surface area contributed by atoms with E-state index in [2.05, 4.69) is 60.1 Å². The minimum absolute atomic E-state index is 0.565. The van der Waals surface area contributed by atoms with Crippen LogP contribution in [0.5, 0.6) is 0 Å². The van der Waals surface area contributed by atoms with Crippen LogP contribution in [0.2, 0.25) is 0 Å². The van der Waals surface area contributed by atoms with Crippen LogP contribution in [0.25, 0.3) is 20.9 Å². The zero-order valence-electron chi connectivity index (χ0n) is 19.1. The van der Waals surface area contributed by atoms with Gasteiger partial charge in [-0.3, -0.25) is 0 Å². The third kappa shape index (κ3) is 7.10. The van der Waals surface area contributed by atoms with E-state index in [9.17, 15) is 0 Å². The number of benzene rings is 1. The fourth-order valence-electron chi connectivity index (χ4n) is 3.92. The third-order valence-corrected chi connectivity index (χ3v) is 6.94. The molecule has 0 radical (unpaired) electrons. The van der Waals surface area contributed by atoms with Crippen molar-refractivity contribution in [2.24, 2.45) is 0 Å². The molecule has 0 aliphatic heterocycles. The minimum atomic E-state index is 0.565. The van der Waals surface area contributed by atoms with E-state index in [0.29, 0.717) is 5.82 Å². The van der Waals surface area contributed by atoms with E-state index in [-0.39, 0.29) is 0 Å². The number of rotatable bonds is 13. The van der Waals surface area contributed by atoms with Gasteiger partial charge in [0.2, 0.25) is 0 Å². The van der Waals surface area contributed by atoms with Crippen molar-refractivity contribution in [3.8, 4) is 20.9 Å². The van der Waals surface area contributed by atoms with Gasteiger partial charge in [0.1, 0.15) is 5.82 Å². The summed E-state index contributed by atoms with van der Waals surface area (Å²) in [5, 5.41) is 0. The third-order valence-electron chi connectivity index (χ3n) is 5.75. The molecular formula is C27H37N3S. The molecule has 0 atom stereocenters. The van der Waals surface area contributed by atoms with Crippen LogP contribution in [0, 0.1) is 0 Å². The number of thiophene rings is 1. The van der Waals surface area contributed by atoms with Crippen LogP contribution in [0.4, 0.5) is 11.5 Å². The zero-order valence-corrected chi connectivity index (χ0v) is 20.0. The monoisotopic (exact) mass is 435 g/mol. The lowest BCUT2D eigenvalue weighted by molar-refractivity contribution is 0.609. The summed E-state index contributed by atoms with van der Waals surface area (Å²) < 4.78 is 0. The lowest BCUT2D eigenvalue weighted by Gasteiger charge is -2.25. The summed E-state index contributed by atoms with van der Waals surface area (Å²) in [5.74, 6) is 0.565. The van der Waals surface area contributed by atoms with Crippen molar-refractivity contribution in [3.05, 3.63) is 54.7 Å². The summed E-state index contributed by atoms with van der Waals surface area (Å²) in [5.41, 5.74) is 9.61. The number of hydrogen-bond acceptors (Lipinski definition) is 4. The Morgan fingerprint density at radius 3 is 1.94 bits per heavy atom. The van der Waals surface area contributed by atoms with Gasteiger partial charge in [0.25, 0.3) is 0 Å². The standard InChI is InChI=1S/C27H37N3S/c1-3-5-7-9-19-30(20-10-8-6-4-2)24-13-11-22(12-14-24)25-15-16-26(31-25)23-17-18-29-27(28)21-23/h11-18,21H,3-10,19-20H2,1-2H3,(H2,28,29). The Labute approximate surface area is 192 Å². The number of pyridine rings is 1. The van der Waals surface area contributed by atoms with Crippen LogP contribution >= 0.6 is 11.3 Å². The van der Waals surface area contributed by atoms with Crippen molar-refractivity contribution < 1.29 is 0 Å². The Bertz CT molecular complexity index is 889. The summed E-state index contributed by atoms with van der Waals surface area (Å²) in [7, 11) is 0. The molecule has 0 aliphatic rings. The second kappa shape index (κ2) is 12.5. The molecule has 0 unspecified atom stereocenters. The average Bonchev–Trinajstić information content (AvgIpc) is 3.29. The van der Waals surface area contributed by atoms with E-state index in [0.717, 1.165) is 18.7 Å². The second-order valence-corrected chi connectivity index (χ2v) is 9.37. The quantitative estimate of drug-likeness (QED) is 0.276. The smallest absolute Gasteiger partial charge is 0.123 e. The van der Waals surface area contributed by atoms with Crippen molar-refractivity contribution in [3.63, 3.8) is 0 Å². The van der Waals surface area contributed by atoms with Crippen LogP contribution in [-0.4, -0.2) is 18.1 Å². The highest BCUT2D eigenvalue weighted by Gasteiger charge is 2.09. The van der Waals surface area contributed by atoms with E-state index in [1.807, 2.05) is 12.1 Å². The lowest BCUT2D eigenvalue weighted by atomic mass is 10.1. The highest BCUT2D eigenvalue weighted by Crippen LogP contribution is 2.35. The number of hydrogen-bond donors (Lipinski definition) is 1. The Morgan fingerprint density at radius 2 is 1.35 bits per heavy atom. The molecule has 1 aromatic carbocycles. The van der Waals surface area contributed by atoms with Gasteiger partial charge in [0.15, 0.2) is 0 Å². The van der Waals surface area contributed by atoms with Crippen LogP contribution < -0.4 is 10.6 Å². The van der Waals surface area contributed by atoms with Crippen molar-refractivity contribution >= 4 is 22.8 Å². The number of anilines is 2. The molecule has 3 nitrogen and oxygen atoms in total. The van der Waals surface area contributed by atoms with Gasteiger partial charge < -0.3 is 10.6 Å². The maximum Gasteiger partial charge on any atom is 0.123 e. The molecule has 2 heterocycles. The molecule has 0 bridgehead atoms. The predicted octanol–water partition coefficient (Wildman–Crippen LogP) is 8.03. The maximum absolute atomic E-state index is 5.85. The van der Waals surface area contributed by atoms with E-state index in [1.165, 1.54) is 72.4 Å².